The fourth-order valence-corrected chi connectivity index (χ4v) is 3.03. The van der Waals surface area contributed by atoms with Crippen LogP contribution in [0.25, 0.3) is 0 Å². The summed E-state index contributed by atoms with van der Waals surface area (Å²) in [6.45, 7) is 9.08. The standard InChI is InChI=1S/C15H21N5O2/c1-5-6-19-8-14-17-16-13(20(14)10(3)15(19)21)7-12-9(2)18-22-11(12)4/h10H,5-8H2,1-4H3/t10-/m1/s1. The third-order valence-electron chi connectivity index (χ3n) is 4.24. The summed E-state index contributed by atoms with van der Waals surface area (Å²) < 4.78 is 7.16. The molecule has 7 nitrogen and oxygen atoms in total. The minimum absolute atomic E-state index is 0.133. The SMILES string of the molecule is CCCN1Cc2nnc(Cc3c(C)noc3C)n2[C@H](C)C1=O. The van der Waals surface area contributed by atoms with E-state index in [1.54, 1.807) is 0 Å². The van der Waals surface area contributed by atoms with Gasteiger partial charge in [-0.25, -0.2) is 0 Å². The van der Waals surface area contributed by atoms with Gasteiger partial charge < -0.3 is 14.0 Å². The third kappa shape index (κ3) is 2.30. The smallest absolute Gasteiger partial charge is 0.245 e. The summed E-state index contributed by atoms with van der Waals surface area (Å²) >= 11 is 0. The fourth-order valence-electron chi connectivity index (χ4n) is 3.03. The maximum atomic E-state index is 12.5. The second-order valence-electron chi connectivity index (χ2n) is 5.82. The van der Waals surface area contributed by atoms with Crippen LogP contribution < -0.4 is 0 Å². The van der Waals surface area contributed by atoms with Crippen LogP contribution in [-0.2, 0) is 17.8 Å². The number of amides is 1. The van der Waals surface area contributed by atoms with E-state index in [4.69, 9.17) is 4.52 Å². The highest BCUT2D eigenvalue weighted by molar-refractivity contribution is 5.81. The van der Waals surface area contributed by atoms with Crippen LogP contribution >= 0.6 is 0 Å². The summed E-state index contributed by atoms with van der Waals surface area (Å²) in [5.41, 5.74) is 1.88. The molecular weight excluding hydrogens is 282 g/mol. The van der Waals surface area contributed by atoms with Crippen molar-refractivity contribution in [2.24, 2.45) is 0 Å². The number of aromatic nitrogens is 4. The zero-order chi connectivity index (χ0) is 15.9. The summed E-state index contributed by atoms with van der Waals surface area (Å²) in [7, 11) is 0. The predicted molar refractivity (Wildman–Crippen MR) is 79.2 cm³/mol. The molecule has 0 unspecified atom stereocenters. The van der Waals surface area contributed by atoms with Crippen LogP contribution in [0.2, 0.25) is 0 Å². The highest BCUT2D eigenvalue weighted by atomic mass is 16.5. The van der Waals surface area contributed by atoms with Gasteiger partial charge in [0.2, 0.25) is 5.91 Å². The minimum atomic E-state index is -0.263. The maximum absolute atomic E-state index is 12.5. The van der Waals surface area contributed by atoms with Crippen LogP contribution in [-0.4, -0.2) is 37.3 Å². The van der Waals surface area contributed by atoms with Crippen LogP contribution in [0.15, 0.2) is 4.52 Å². The molecule has 0 aromatic carbocycles. The molecule has 3 heterocycles. The lowest BCUT2D eigenvalue weighted by molar-refractivity contribution is -0.137. The highest BCUT2D eigenvalue weighted by Crippen LogP contribution is 2.25. The molecule has 0 N–H and O–H groups in total. The van der Waals surface area contributed by atoms with Crippen molar-refractivity contribution < 1.29 is 9.32 Å². The van der Waals surface area contributed by atoms with Crippen LogP contribution in [0.4, 0.5) is 0 Å². The Kier molecular flexibility index (Phi) is 3.72. The van der Waals surface area contributed by atoms with Crippen LogP contribution in [0.1, 0.15) is 55.0 Å². The van der Waals surface area contributed by atoms with Gasteiger partial charge in [-0.1, -0.05) is 12.1 Å². The molecule has 0 radical (unpaired) electrons. The van der Waals surface area contributed by atoms with Crippen molar-refractivity contribution in [1.82, 2.24) is 24.8 Å². The molecule has 0 bridgehead atoms. The summed E-state index contributed by atoms with van der Waals surface area (Å²) in [4.78, 5) is 14.3. The number of aryl methyl sites for hydroxylation is 2. The Morgan fingerprint density at radius 2 is 2.09 bits per heavy atom. The van der Waals surface area contributed by atoms with E-state index in [1.165, 1.54) is 0 Å². The molecule has 0 fully saturated rings. The molecule has 2 aromatic heterocycles. The van der Waals surface area contributed by atoms with Crippen LogP contribution in [0.3, 0.4) is 0 Å². The van der Waals surface area contributed by atoms with Gasteiger partial charge in [-0.3, -0.25) is 4.79 Å². The Morgan fingerprint density at radius 1 is 1.32 bits per heavy atom. The number of fused-ring (bicyclic) bond motifs is 1. The highest BCUT2D eigenvalue weighted by Gasteiger charge is 2.32. The lowest BCUT2D eigenvalue weighted by Gasteiger charge is -2.31. The molecule has 1 aliphatic heterocycles. The largest absolute Gasteiger partial charge is 0.361 e. The van der Waals surface area contributed by atoms with E-state index in [2.05, 4.69) is 22.3 Å². The van der Waals surface area contributed by atoms with Crippen molar-refractivity contribution in [1.29, 1.82) is 0 Å². The van der Waals surface area contributed by atoms with Crippen molar-refractivity contribution in [3.63, 3.8) is 0 Å². The average Bonchev–Trinajstić information content (AvgIpc) is 3.03. The Bertz CT molecular complexity index is 683. The van der Waals surface area contributed by atoms with E-state index in [1.807, 2.05) is 30.2 Å². The molecule has 0 saturated carbocycles. The topological polar surface area (TPSA) is 77.1 Å². The monoisotopic (exact) mass is 303 g/mol. The van der Waals surface area contributed by atoms with Crippen LogP contribution in [0.5, 0.6) is 0 Å². The molecule has 1 amide bonds. The molecule has 0 spiro atoms. The normalized spacial score (nSPS) is 17.9. The Labute approximate surface area is 129 Å². The molecule has 22 heavy (non-hydrogen) atoms. The van der Waals surface area contributed by atoms with Gasteiger partial charge in [0.1, 0.15) is 17.6 Å². The number of hydrogen-bond acceptors (Lipinski definition) is 5. The molecule has 2 aromatic rings. The van der Waals surface area contributed by atoms with Crippen LogP contribution in [0, 0.1) is 13.8 Å². The number of carbonyl (C=O) groups is 1. The quantitative estimate of drug-likeness (QED) is 0.860. The van der Waals surface area contributed by atoms with Gasteiger partial charge in [0.25, 0.3) is 0 Å². The molecular formula is C15H21N5O2. The van der Waals surface area contributed by atoms with E-state index in [0.29, 0.717) is 13.0 Å². The van der Waals surface area contributed by atoms with Gasteiger partial charge in [-0.05, 0) is 27.2 Å². The van der Waals surface area contributed by atoms with Gasteiger partial charge in [0.15, 0.2) is 5.82 Å². The van der Waals surface area contributed by atoms with E-state index in [0.717, 1.165) is 41.6 Å². The predicted octanol–water partition coefficient (Wildman–Crippen LogP) is 1.79. The summed E-state index contributed by atoms with van der Waals surface area (Å²) in [6.07, 6.45) is 1.53. The van der Waals surface area contributed by atoms with Crippen molar-refractivity contribution in [3.05, 3.63) is 28.7 Å². The van der Waals surface area contributed by atoms with Crippen molar-refractivity contribution >= 4 is 5.91 Å². The molecule has 3 rings (SSSR count). The molecule has 0 aliphatic carbocycles. The molecule has 1 aliphatic rings. The average molecular weight is 303 g/mol. The van der Waals surface area contributed by atoms with Gasteiger partial charge in [-0.15, -0.1) is 10.2 Å². The van der Waals surface area contributed by atoms with Gasteiger partial charge in [-0.2, -0.15) is 0 Å². The third-order valence-corrected chi connectivity index (χ3v) is 4.24. The van der Waals surface area contributed by atoms with E-state index < -0.39 is 0 Å². The molecule has 7 heteroatoms. The first-order chi connectivity index (χ1) is 10.5. The Morgan fingerprint density at radius 3 is 2.73 bits per heavy atom. The zero-order valence-corrected chi connectivity index (χ0v) is 13.5. The first-order valence-corrected chi connectivity index (χ1v) is 7.66. The Balaban J connectivity index is 1.93. The second kappa shape index (κ2) is 5.55. The number of rotatable bonds is 4. The lowest BCUT2D eigenvalue weighted by Crippen LogP contribution is -2.42. The van der Waals surface area contributed by atoms with Gasteiger partial charge in [0.05, 0.1) is 12.2 Å². The lowest BCUT2D eigenvalue weighted by atomic mass is 10.1. The summed E-state index contributed by atoms with van der Waals surface area (Å²) in [5, 5.41) is 12.6. The second-order valence-corrected chi connectivity index (χ2v) is 5.82. The van der Waals surface area contributed by atoms with Gasteiger partial charge >= 0.3 is 0 Å². The number of nitrogens with zero attached hydrogens (tertiary/aromatic N) is 5. The van der Waals surface area contributed by atoms with Crippen molar-refractivity contribution in [3.8, 4) is 0 Å². The first kappa shape index (κ1) is 14.7. The van der Waals surface area contributed by atoms with E-state index in [9.17, 15) is 4.79 Å². The van der Waals surface area contributed by atoms with Gasteiger partial charge in [0, 0.05) is 18.5 Å². The maximum Gasteiger partial charge on any atom is 0.245 e. The minimum Gasteiger partial charge on any atom is -0.361 e. The fraction of sp³-hybridized carbons (Fsp3) is 0.600. The number of carbonyl (C=O) groups excluding carboxylic acids is 1. The zero-order valence-electron chi connectivity index (χ0n) is 13.5. The van der Waals surface area contributed by atoms with Crippen molar-refractivity contribution in [2.45, 2.75) is 53.1 Å². The molecule has 118 valence electrons. The van der Waals surface area contributed by atoms with E-state index in [-0.39, 0.29) is 11.9 Å². The number of hydrogen-bond donors (Lipinski definition) is 0. The summed E-state index contributed by atoms with van der Waals surface area (Å²) in [6, 6.07) is -0.263. The van der Waals surface area contributed by atoms with Crippen molar-refractivity contribution in [2.75, 3.05) is 6.54 Å². The molecule has 0 saturated heterocycles. The Hall–Kier alpha value is -2.18. The van der Waals surface area contributed by atoms with E-state index >= 15 is 0 Å². The summed E-state index contributed by atoms with van der Waals surface area (Å²) in [5.74, 6) is 2.56. The first-order valence-electron chi connectivity index (χ1n) is 7.66. The molecule has 1 atom stereocenters.